The fraction of sp³-hybridized carbons (Fsp3) is 0.125. The number of nitrogens with zero attached hydrogens (tertiary/aromatic N) is 2. The lowest BCUT2D eigenvalue weighted by atomic mass is 10.2. The molecule has 6 heteroatoms. The predicted octanol–water partition coefficient (Wildman–Crippen LogP) is 1.36. The molecule has 1 aromatic rings. The molecule has 1 amide bonds. The van der Waals surface area contributed by atoms with Gasteiger partial charge in [-0.2, -0.15) is 0 Å². The van der Waals surface area contributed by atoms with Gasteiger partial charge >= 0.3 is 6.09 Å². The molecule has 0 radical (unpaired) electrons. The van der Waals surface area contributed by atoms with Crippen molar-refractivity contribution in [2.45, 2.75) is 6.54 Å². The number of carbonyl (C=O) groups is 1. The standard InChI is InChI=1S/C8H8N2O4/c11-8(12)9(10(13)14)6-7-4-2-1-3-5-7/h1-5H,6H2,(H,11,12). The first-order valence-corrected chi connectivity index (χ1v) is 3.80. The molecule has 0 saturated carbocycles. The summed E-state index contributed by atoms with van der Waals surface area (Å²) in [5.41, 5.74) is 0.576. The van der Waals surface area contributed by atoms with E-state index >= 15 is 0 Å². The fourth-order valence-electron chi connectivity index (χ4n) is 0.952. The lowest BCUT2D eigenvalue weighted by molar-refractivity contribution is -0.638. The van der Waals surface area contributed by atoms with E-state index in [2.05, 4.69) is 0 Å². The van der Waals surface area contributed by atoms with Gasteiger partial charge in [0.05, 0.1) is 0 Å². The highest BCUT2D eigenvalue weighted by molar-refractivity contribution is 5.63. The first-order chi connectivity index (χ1) is 6.61. The predicted molar refractivity (Wildman–Crippen MR) is 47.0 cm³/mol. The molecule has 0 aliphatic rings. The summed E-state index contributed by atoms with van der Waals surface area (Å²) >= 11 is 0. The van der Waals surface area contributed by atoms with E-state index in [1.807, 2.05) is 0 Å². The first-order valence-electron chi connectivity index (χ1n) is 3.80. The molecule has 0 aromatic heterocycles. The molecule has 1 N–H and O–H groups in total. The third kappa shape index (κ3) is 2.44. The zero-order valence-corrected chi connectivity index (χ0v) is 7.16. The van der Waals surface area contributed by atoms with Crippen molar-refractivity contribution in [2.75, 3.05) is 0 Å². The van der Waals surface area contributed by atoms with Gasteiger partial charge in [0.2, 0.25) is 0 Å². The number of nitro groups is 1. The van der Waals surface area contributed by atoms with Crippen LogP contribution in [0.5, 0.6) is 0 Å². The average Bonchev–Trinajstić information content (AvgIpc) is 2.15. The Kier molecular flexibility index (Phi) is 3.01. The van der Waals surface area contributed by atoms with Crippen LogP contribution in [0, 0.1) is 10.1 Å². The van der Waals surface area contributed by atoms with Crippen LogP contribution in [0.25, 0.3) is 0 Å². The Hall–Kier alpha value is -2.11. The summed E-state index contributed by atoms with van der Waals surface area (Å²) in [6.07, 6.45) is -1.57. The molecule has 6 nitrogen and oxygen atoms in total. The number of hydrazine groups is 1. The Labute approximate surface area is 79.5 Å². The van der Waals surface area contributed by atoms with Crippen molar-refractivity contribution in [1.82, 2.24) is 5.01 Å². The van der Waals surface area contributed by atoms with E-state index in [1.165, 1.54) is 0 Å². The third-order valence-corrected chi connectivity index (χ3v) is 1.59. The molecule has 0 spiro atoms. The Bertz CT molecular complexity index is 324. The van der Waals surface area contributed by atoms with E-state index in [1.54, 1.807) is 30.3 Å². The second kappa shape index (κ2) is 4.22. The molecular weight excluding hydrogens is 188 g/mol. The molecule has 0 atom stereocenters. The molecule has 0 heterocycles. The molecule has 0 bridgehead atoms. The van der Waals surface area contributed by atoms with Crippen LogP contribution in [0.3, 0.4) is 0 Å². The van der Waals surface area contributed by atoms with Gasteiger partial charge in [0.1, 0.15) is 6.54 Å². The SMILES string of the molecule is O=C(O)N(Cc1ccccc1)[N+](=O)[O-]. The fourth-order valence-corrected chi connectivity index (χ4v) is 0.952. The molecule has 0 fully saturated rings. The minimum absolute atomic E-state index is 0.134. The first kappa shape index (κ1) is 9.97. The smallest absolute Gasteiger partial charge is 0.461 e. The number of amides is 1. The highest BCUT2D eigenvalue weighted by Crippen LogP contribution is 2.04. The Balaban J connectivity index is 2.75. The van der Waals surface area contributed by atoms with Crippen LogP contribution in [0.2, 0.25) is 0 Å². The van der Waals surface area contributed by atoms with Crippen molar-refractivity contribution < 1.29 is 14.9 Å². The third-order valence-electron chi connectivity index (χ3n) is 1.59. The van der Waals surface area contributed by atoms with E-state index in [0.29, 0.717) is 5.56 Å². The van der Waals surface area contributed by atoms with Crippen molar-refractivity contribution in [2.24, 2.45) is 0 Å². The van der Waals surface area contributed by atoms with Crippen molar-refractivity contribution in [3.05, 3.63) is 46.0 Å². The molecular formula is C8H8N2O4. The van der Waals surface area contributed by atoms with Crippen LogP contribution in [-0.2, 0) is 6.54 Å². The van der Waals surface area contributed by atoms with Crippen LogP contribution in [0.1, 0.15) is 5.56 Å². The molecule has 74 valence electrons. The summed E-state index contributed by atoms with van der Waals surface area (Å²) < 4.78 is 0. The largest absolute Gasteiger partial charge is 0.466 e. The second-order valence-electron chi connectivity index (χ2n) is 2.56. The van der Waals surface area contributed by atoms with E-state index in [0.717, 1.165) is 0 Å². The number of hydrogen-bond acceptors (Lipinski definition) is 3. The monoisotopic (exact) mass is 196 g/mol. The molecule has 0 unspecified atom stereocenters. The van der Waals surface area contributed by atoms with Crippen LogP contribution >= 0.6 is 0 Å². The van der Waals surface area contributed by atoms with Gasteiger partial charge in [-0.15, -0.1) is 0 Å². The van der Waals surface area contributed by atoms with E-state index in [9.17, 15) is 14.9 Å². The quantitative estimate of drug-likeness (QED) is 0.584. The van der Waals surface area contributed by atoms with Crippen LogP contribution in [0.15, 0.2) is 30.3 Å². The van der Waals surface area contributed by atoms with Gasteiger partial charge in [0.15, 0.2) is 5.03 Å². The average molecular weight is 196 g/mol. The summed E-state index contributed by atoms with van der Waals surface area (Å²) in [6, 6.07) is 8.38. The summed E-state index contributed by atoms with van der Waals surface area (Å²) in [5.74, 6) is 0. The van der Waals surface area contributed by atoms with Gasteiger partial charge in [-0.25, -0.2) is 14.9 Å². The summed E-state index contributed by atoms with van der Waals surface area (Å²) in [5, 5.41) is 18.0. The topological polar surface area (TPSA) is 83.7 Å². The zero-order chi connectivity index (χ0) is 10.6. The van der Waals surface area contributed by atoms with E-state index in [4.69, 9.17) is 5.11 Å². The number of hydrogen-bond donors (Lipinski definition) is 1. The lowest BCUT2D eigenvalue weighted by Crippen LogP contribution is -2.34. The lowest BCUT2D eigenvalue weighted by Gasteiger charge is -2.07. The molecule has 0 aliphatic heterocycles. The van der Waals surface area contributed by atoms with Gasteiger partial charge in [0, 0.05) is 0 Å². The number of carboxylic acid groups (broad SMARTS) is 1. The molecule has 0 saturated heterocycles. The minimum atomic E-state index is -1.57. The van der Waals surface area contributed by atoms with Gasteiger partial charge in [-0.05, 0) is 10.6 Å². The maximum atomic E-state index is 10.4. The second-order valence-corrected chi connectivity index (χ2v) is 2.56. The van der Waals surface area contributed by atoms with E-state index < -0.39 is 11.1 Å². The Morgan fingerprint density at radius 1 is 1.43 bits per heavy atom. The molecule has 1 rings (SSSR count). The van der Waals surface area contributed by atoms with Crippen LogP contribution < -0.4 is 0 Å². The van der Waals surface area contributed by atoms with Crippen molar-refractivity contribution in [3.63, 3.8) is 0 Å². The highest BCUT2D eigenvalue weighted by Gasteiger charge is 2.23. The number of rotatable bonds is 3. The van der Waals surface area contributed by atoms with Gasteiger partial charge in [-0.3, -0.25) is 0 Å². The van der Waals surface area contributed by atoms with Gasteiger partial charge < -0.3 is 5.11 Å². The maximum absolute atomic E-state index is 10.4. The molecule has 1 aromatic carbocycles. The van der Waals surface area contributed by atoms with E-state index in [-0.39, 0.29) is 11.6 Å². The summed E-state index contributed by atoms with van der Waals surface area (Å²) in [6.45, 7) is -0.247. The minimum Gasteiger partial charge on any atom is -0.461 e. The zero-order valence-electron chi connectivity index (χ0n) is 7.16. The molecule has 0 aliphatic carbocycles. The summed E-state index contributed by atoms with van der Waals surface area (Å²) in [7, 11) is 0. The highest BCUT2D eigenvalue weighted by atomic mass is 16.7. The van der Waals surface area contributed by atoms with Crippen molar-refractivity contribution in [3.8, 4) is 0 Å². The van der Waals surface area contributed by atoms with Crippen LogP contribution in [-0.4, -0.2) is 21.2 Å². The van der Waals surface area contributed by atoms with Crippen LogP contribution in [0.4, 0.5) is 4.79 Å². The Morgan fingerprint density at radius 3 is 2.43 bits per heavy atom. The van der Waals surface area contributed by atoms with Gasteiger partial charge in [0.25, 0.3) is 0 Å². The summed E-state index contributed by atoms with van der Waals surface area (Å²) in [4.78, 5) is 20.7. The number of benzene rings is 1. The normalized spacial score (nSPS) is 9.43. The Morgan fingerprint density at radius 2 is 2.00 bits per heavy atom. The molecule has 14 heavy (non-hydrogen) atoms. The maximum Gasteiger partial charge on any atom is 0.466 e. The van der Waals surface area contributed by atoms with Crippen molar-refractivity contribution >= 4 is 6.09 Å². The van der Waals surface area contributed by atoms with Gasteiger partial charge in [-0.1, -0.05) is 30.3 Å². The van der Waals surface area contributed by atoms with Crippen molar-refractivity contribution in [1.29, 1.82) is 0 Å².